The topological polar surface area (TPSA) is 44.2 Å². The van der Waals surface area contributed by atoms with Crippen molar-refractivity contribution in [3.8, 4) is 44.5 Å². The summed E-state index contributed by atoms with van der Waals surface area (Å²) in [4.78, 5) is 9.58. The number of hydrogen-bond acceptors (Lipinski definition) is 4. The monoisotopic (exact) mass is 610 g/mol. The molecule has 5 aromatic carbocycles. The summed E-state index contributed by atoms with van der Waals surface area (Å²) >= 11 is 0. The Morgan fingerprint density at radius 2 is 0.830 bits per heavy atom. The lowest BCUT2D eigenvalue weighted by Crippen LogP contribution is -2.41. The molecule has 0 spiro atoms. The third-order valence-corrected chi connectivity index (χ3v) is 9.76. The van der Waals surface area contributed by atoms with E-state index >= 15 is 0 Å². The predicted molar refractivity (Wildman–Crippen MR) is 195 cm³/mol. The van der Waals surface area contributed by atoms with E-state index in [2.05, 4.69) is 131 Å². The Morgan fingerprint density at radius 1 is 0.447 bits per heavy atom. The maximum Gasteiger partial charge on any atom is 0.494 e. The molecule has 3 heterocycles. The average molecular weight is 611 g/mol. The van der Waals surface area contributed by atoms with Crippen molar-refractivity contribution in [2.45, 2.75) is 38.9 Å². The van der Waals surface area contributed by atoms with Gasteiger partial charge in [0.25, 0.3) is 0 Å². The van der Waals surface area contributed by atoms with Gasteiger partial charge in [-0.2, -0.15) is 0 Å². The van der Waals surface area contributed by atoms with Crippen molar-refractivity contribution in [2.75, 3.05) is 0 Å². The summed E-state index contributed by atoms with van der Waals surface area (Å²) in [7, 11) is -0.511. The number of hydrogen-bond donors (Lipinski definition) is 0. The first-order valence-corrected chi connectivity index (χ1v) is 16.2. The van der Waals surface area contributed by atoms with E-state index in [0.29, 0.717) is 0 Å². The molecule has 5 heteroatoms. The zero-order chi connectivity index (χ0) is 32.2. The minimum absolute atomic E-state index is 0.461. The van der Waals surface area contributed by atoms with Crippen LogP contribution in [0.4, 0.5) is 0 Å². The van der Waals surface area contributed by atoms with Crippen LogP contribution >= 0.6 is 0 Å². The Hall–Kier alpha value is -5.10. The first kappa shape index (κ1) is 29.3. The molecule has 1 saturated heterocycles. The second kappa shape index (κ2) is 11.3. The first-order chi connectivity index (χ1) is 22.8. The van der Waals surface area contributed by atoms with Gasteiger partial charge in [0.05, 0.1) is 22.2 Å². The van der Waals surface area contributed by atoms with E-state index in [1.807, 2.05) is 36.7 Å². The maximum absolute atomic E-state index is 6.62. The van der Waals surface area contributed by atoms with Crippen LogP contribution < -0.4 is 5.46 Å². The van der Waals surface area contributed by atoms with Gasteiger partial charge in [-0.3, -0.25) is 9.97 Å². The highest BCUT2D eigenvalue weighted by Gasteiger charge is 2.51. The van der Waals surface area contributed by atoms with E-state index in [0.717, 1.165) is 71.8 Å². The number of pyridine rings is 2. The Bertz CT molecular complexity index is 2140. The molecular weight excluding hydrogens is 575 g/mol. The Balaban J connectivity index is 1.32. The summed E-state index contributed by atoms with van der Waals surface area (Å²) in [5.74, 6) is 0. The van der Waals surface area contributed by atoms with Crippen molar-refractivity contribution in [3.05, 3.63) is 140 Å². The Labute approximate surface area is 276 Å². The van der Waals surface area contributed by atoms with Crippen molar-refractivity contribution in [2.24, 2.45) is 0 Å². The standard InChI is InChI=1S/C42H35BN2O2/c1-41(2)42(3,4)47-43(46-41)34-24-30(35-15-7-9-17-37(35)32-21-28-13-5-11-19-39(28)44-26-32)23-31(25-34)36-16-8-10-18-38(36)33-22-29-14-6-12-20-40(29)45-27-33/h5-27H,1-4H3. The minimum atomic E-state index is -0.511. The van der Waals surface area contributed by atoms with Gasteiger partial charge in [-0.25, -0.2) is 0 Å². The molecule has 0 N–H and O–H groups in total. The molecule has 0 saturated carbocycles. The second-order valence-electron chi connectivity index (χ2n) is 13.4. The van der Waals surface area contributed by atoms with E-state index < -0.39 is 18.3 Å². The van der Waals surface area contributed by atoms with Crippen LogP contribution in [0.3, 0.4) is 0 Å². The summed E-state index contributed by atoms with van der Waals surface area (Å²) < 4.78 is 13.2. The lowest BCUT2D eigenvalue weighted by Gasteiger charge is -2.32. The van der Waals surface area contributed by atoms with E-state index in [9.17, 15) is 0 Å². The molecule has 1 aliphatic heterocycles. The highest BCUT2D eigenvalue weighted by molar-refractivity contribution is 6.62. The molecule has 47 heavy (non-hydrogen) atoms. The Morgan fingerprint density at radius 3 is 1.28 bits per heavy atom. The maximum atomic E-state index is 6.62. The summed E-state index contributed by atoms with van der Waals surface area (Å²) in [5, 5.41) is 2.23. The molecule has 1 fully saturated rings. The van der Waals surface area contributed by atoms with Crippen LogP contribution in [0.1, 0.15) is 27.7 Å². The molecule has 0 amide bonds. The van der Waals surface area contributed by atoms with Crippen molar-refractivity contribution < 1.29 is 9.31 Å². The van der Waals surface area contributed by atoms with E-state index in [4.69, 9.17) is 19.3 Å². The highest BCUT2D eigenvalue weighted by Crippen LogP contribution is 2.40. The van der Waals surface area contributed by atoms with E-state index in [1.165, 1.54) is 0 Å². The van der Waals surface area contributed by atoms with Gasteiger partial charge in [-0.05, 0) is 96.9 Å². The average Bonchev–Trinajstić information content (AvgIpc) is 3.33. The van der Waals surface area contributed by atoms with Crippen LogP contribution in [0.25, 0.3) is 66.3 Å². The second-order valence-corrected chi connectivity index (χ2v) is 13.4. The molecular formula is C42H35BN2O2. The molecule has 1 aliphatic rings. The van der Waals surface area contributed by atoms with Gasteiger partial charge < -0.3 is 9.31 Å². The number of para-hydroxylation sites is 2. The molecule has 0 atom stereocenters. The van der Waals surface area contributed by atoms with Crippen LogP contribution in [0.2, 0.25) is 0 Å². The zero-order valence-electron chi connectivity index (χ0n) is 27.1. The van der Waals surface area contributed by atoms with E-state index in [1.54, 1.807) is 0 Å². The van der Waals surface area contributed by atoms with Crippen LogP contribution in [0.15, 0.2) is 140 Å². The third-order valence-electron chi connectivity index (χ3n) is 9.76. The molecule has 0 bridgehead atoms. The molecule has 228 valence electrons. The van der Waals surface area contributed by atoms with Gasteiger partial charge in [0.1, 0.15) is 0 Å². The molecule has 7 aromatic rings. The molecule has 2 aromatic heterocycles. The van der Waals surface area contributed by atoms with Crippen LogP contribution in [0.5, 0.6) is 0 Å². The summed E-state index contributed by atoms with van der Waals surface area (Å²) in [6.07, 6.45) is 3.95. The largest absolute Gasteiger partial charge is 0.494 e. The summed E-state index contributed by atoms with van der Waals surface area (Å²) in [5.41, 5.74) is 10.8. The van der Waals surface area contributed by atoms with Gasteiger partial charge in [-0.1, -0.05) is 97.1 Å². The fourth-order valence-electron chi connectivity index (χ4n) is 6.49. The quantitative estimate of drug-likeness (QED) is 0.182. The predicted octanol–water partition coefficient (Wildman–Crippen LogP) is 9.75. The zero-order valence-corrected chi connectivity index (χ0v) is 27.1. The van der Waals surface area contributed by atoms with Crippen molar-refractivity contribution in [3.63, 3.8) is 0 Å². The summed E-state index contributed by atoms with van der Waals surface area (Å²) in [6.45, 7) is 8.40. The van der Waals surface area contributed by atoms with Gasteiger partial charge in [0.15, 0.2) is 0 Å². The van der Waals surface area contributed by atoms with Gasteiger partial charge >= 0.3 is 7.12 Å². The lowest BCUT2D eigenvalue weighted by molar-refractivity contribution is 0.00578. The summed E-state index contributed by atoms with van der Waals surface area (Å²) in [6, 6.07) is 44.8. The van der Waals surface area contributed by atoms with E-state index in [-0.39, 0.29) is 0 Å². The first-order valence-electron chi connectivity index (χ1n) is 16.2. The van der Waals surface area contributed by atoms with Gasteiger partial charge in [-0.15, -0.1) is 0 Å². The van der Waals surface area contributed by atoms with Crippen molar-refractivity contribution in [1.29, 1.82) is 0 Å². The lowest BCUT2D eigenvalue weighted by atomic mass is 9.75. The molecule has 4 nitrogen and oxygen atoms in total. The number of rotatable bonds is 5. The number of fused-ring (bicyclic) bond motifs is 2. The fraction of sp³-hybridized carbons (Fsp3) is 0.143. The minimum Gasteiger partial charge on any atom is -0.399 e. The highest BCUT2D eigenvalue weighted by atomic mass is 16.7. The Kier molecular flexibility index (Phi) is 7.05. The van der Waals surface area contributed by atoms with Gasteiger partial charge in [0.2, 0.25) is 0 Å². The molecule has 0 aliphatic carbocycles. The van der Waals surface area contributed by atoms with Crippen molar-refractivity contribution in [1.82, 2.24) is 9.97 Å². The number of benzene rings is 5. The fourth-order valence-corrected chi connectivity index (χ4v) is 6.49. The molecule has 0 unspecified atom stereocenters. The van der Waals surface area contributed by atoms with Crippen LogP contribution in [-0.4, -0.2) is 28.3 Å². The SMILES string of the molecule is CC1(C)OB(c2cc(-c3ccccc3-c3cnc4ccccc4c3)cc(-c3ccccc3-c3cnc4ccccc4c3)c2)OC1(C)C. The molecule has 8 rings (SSSR count). The van der Waals surface area contributed by atoms with Crippen molar-refractivity contribution >= 4 is 34.4 Å². The number of nitrogens with zero attached hydrogens (tertiary/aromatic N) is 2. The third kappa shape index (κ3) is 5.32. The van der Waals surface area contributed by atoms with Crippen LogP contribution in [0, 0.1) is 0 Å². The normalized spacial score (nSPS) is 15.4. The van der Waals surface area contributed by atoms with Gasteiger partial charge in [0, 0.05) is 34.3 Å². The van der Waals surface area contributed by atoms with Crippen LogP contribution in [-0.2, 0) is 9.31 Å². The molecule has 0 radical (unpaired) electrons. The smallest absolute Gasteiger partial charge is 0.399 e. The number of aromatic nitrogens is 2.